The van der Waals surface area contributed by atoms with Crippen LogP contribution in [0.25, 0.3) is 0 Å². The zero-order chi connectivity index (χ0) is 10.5. The Labute approximate surface area is 96.1 Å². The van der Waals surface area contributed by atoms with Gasteiger partial charge < -0.3 is 5.32 Å². The Morgan fingerprint density at radius 1 is 1.53 bits per heavy atom. The number of thiazole rings is 1. The Balaban J connectivity index is 1.56. The van der Waals surface area contributed by atoms with E-state index in [0.29, 0.717) is 0 Å². The van der Waals surface area contributed by atoms with Crippen molar-refractivity contribution in [3.63, 3.8) is 0 Å². The molecule has 1 aliphatic carbocycles. The molecule has 2 rings (SSSR count). The lowest BCUT2D eigenvalue weighted by Gasteiger charge is -2.01. The summed E-state index contributed by atoms with van der Waals surface area (Å²) in [6.07, 6.45) is 8.80. The maximum Gasteiger partial charge on any atom is 0.0925 e. The van der Waals surface area contributed by atoms with Crippen LogP contribution in [0.1, 0.15) is 42.5 Å². The van der Waals surface area contributed by atoms with Crippen molar-refractivity contribution in [3.05, 3.63) is 16.1 Å². The van der Waals surface area contributed by atoms with Gasteiger partial charge in [0.25, 0.3) is 0 Å². The Morgan fingerprint density at radius 2 is 2.40 bits per heavy atom. The molecule has 0 saturated heterocycles. The van der Waals surface area contributed by atoms with E-state index in [9.17, 15) is 0 Å². The van der Waals surface area contributed by atoms with Gasteiger partial charge in [0.05, 0.1) is 5.01 Å². The molecule has 1 fully saturated rings. The van der Waals surface area contributed by atoms with Crippen LogP contribution in [0.15, 0.2) is 6.20 Å². The van der Waals surface area contributed by atoms with E-state index in [1.54, 1.807) is 0 Å². The largest absolute Gasteiger partial charge is 0.312 e. The summed E-state index contributed by atoms with van der Waals surface area (Å²) in [6.45, 7) is 4.32. The first-order valence-electron chi connectivity index (χ1n) is 6.02. The number of hydrogen-bond donors (Lipinski definition) is 1. The predicted octanol–water partition coefficient (Wildman–Crippen LogP) is 2.99. The molecule has 0 aromatic carbocycles. The highest BCUT2D eigenvalue weighted by atomic mass is 32.1. The summed E-state index contributed by atoms with van der Waals surface area (Å²) in [5.74, 6) is 1.07. The number of aromatic nitrogens is 1. The van der Waals surface area contributed by atoms with Gasteiger partial charge in [0, 0.05) is 17.6 Å². The summed E-state index contributed by atoms with van der Waals surface area (Å²) in [7, 11) is 0. The molecule has 2 nitrogen and oxygen atoms in total. The molecule has 0 amide bonds. The molecule has 1 N–H and O–H groups in total. The molecule has 0 spiro atoms. The molecular formula is C12H20N2S. The van der Waals surface area contributed by atoms with Crippen molar-refractivity contribution in [2.24, 2.45) is 5.92 Å². The van der Waals surface area contributed by atoms with Gasteiger partial charge >= 0.3 is 0 Å². The SMILES string of the molecule is CCc1ncc(CNCCCC2CC2)s1. The van der Waals surface area contributed by atoms with Crippen LogP contribution in [0.3, 0.4) is 0 Å². The summed E-state index contributed by atoms with van der Waals surface area (Å²) in [5.41, 5.74) is 0. The van der Waals surface area contributed by atoms with Crippen molar-refractivity contribution in [1.29, 1.82) is 0 Å². The van der Waals surface area contributed by atoms with Crippen LogP contribution < -0.4 is 5.32 Å². The van der Waals surface area contributed by atoms with Crippen molar-refractivity contribution >= 4 is 11.3 Å². The van der Waals surface area contributed by atoms with E-state index >= 15 is 0 Å². The summed E-state index contributed by atoms with van der Waals surface area (Å²) >= 11 is 1.84. The predicted molar refractivity (Wildman–Crippen MR) is 65.2 cm³/mol. The van der Waals surface area contributed by atoms with E-state index < -0.39 is 0 Å². The highest BCUT2D eigenvalue weighted by Gasteiger charge is 2.19. The molecule has 15 heavy (non-hydrogen) atoms. The van der Waals surface area contributed by atoms with Gasteiger partial charge in [-0.05, 0) is 31.7 Å². The fourth-order valence-electron chi connectivity index (χ4n) is 1.73. The minimum absolute atomic E-state index is 1.00. The second kappa shape index (κ2) is 5.61. The third-order valence-electron chi connectivity index (χ3n) is 2.87. The van der Waals surface area contributed by atoms with E-state index in [2.05, 4.69) is 17.2 Å². The molecule has 1 saturated carbocycles. The van der Waals surface area contributed by atoms with E-state index in [-0.39, 0.29) is 0 Å². The number of nitrogens with one attached hydrogen (secondary N) is 1. The molecule has 1 aromatic rings. The lowest BCUT2D eigenvalue weighted by molar-refractivity contribution is 0.596. The van der Waals surface area contributed by atoms with Gasteiger partial charge in [-0.1, -0.05) is 19.8 Å². The number of rotatable bonds is 7. The molecular weight excluding hydrogens is 204 g/mol. The Kier molecular flexibility index (Phi) is 4.15. The molecule has 1 aromatic heterocycles. The summed E-state index contributed by atoms with van der Waals surface area (Å²) in [6, 6.07) is 0. The standard InChI is InChI=1S/C12H20N2S/c1-2-12-14-9-11(15-12)8-13-7-3-4-10-5-6-10/h9-10,13H,2-8H2,1H3. The zero-order valence-corrected chi connectivity index (χ0v) is 10.3. The van der Waals surface area contributed by atoms with E-state index in [0.717, 1.165) is 25.4 Å². The number of nitrogens with zero attached hydrogens (tertiary/aromatic N) is 1. The highest BCUT2D eigenvalue weighted by molar-refractivity contribution is 7.11. The van der Waals surface area contributed by atoms with E-state index in [1.165, 1.54) is 35.6 Å². The quantitative estimate of drug-likeness (QED) is 0.720. The van der Waals surface area contributed by atoms with Crippen molar-refractivity contribution in [1.82, 2.24) is 10.3 Å². The van der Waals surface area contributed by atoms with Crippen molar-refractivity contribution in [2.45, 2.75) is 45.6 Å². The zero-order valence-electron chi connectivity index (χ0n) is 9.46. The monoisotopic (exact) mass is 224 g/mol. The molecule has 3 heteroatoms. The minimum atomic E-state index is 1.00. The third kappa shape index (κ3) is 3.92. The lowest BCUT2D eigenvalue weighted by atomic mass is 10.2. The maximum atomic E-state index is 4.35. The van der Waals surface area contributed by atoms with Gasteiger partial charge in [0.15, 0.2) is 0 Å². The normalized spacial score (nSPS) is 15.8. The topological polar surface area (TPSA) is 24.9 Å². The van der Waals surface area contributed by atoms with Crippen molar-refractivity contribution < 1.29 is 0 Å². The molecule has 1 aliphatic rings. The van der Waals surface area contributed by atoms with Gasteiger partial charge in [0.2, 0.25) is 0 Å². The Hall–Kier alpha value is -0.410. The number of aryl methyl sites for hydroxylation is 1. The molecule has 1 heterocycles. The second-order valence-corrected chi connectivity index (χ2v) is 5.54. The lowest BCUT2D eigenvalue weighted by Crippen LogP contribution is -2.13. The van der Waals surface area contributed by atoms with Crippen molar-refractivity contribution in [3.8, 4) is 0 Å². The van der Waals surface area contributed by atoms with Crippen LogP contribution in [0.5, 0.6) is 0 Å². The molecule has 0 unspecified atom stereocenters. The van der Waals surface area contributed by atoms with Crippen LogP contribution in [0.4, 0.5) is 0 Å². The maximum absolute atomic E-state index is 4.35. The first kappa shape index (κ1) is 11.1. The van der Waals surface area contributed by atoms with Crippen LogP contribution in [-0.2, 0) is 13.0 Å². The fraction of sp³-hybridized carbons (Fsp3) is 0.750. The van der Waals surface area contributed by atoms with Crippen LogP contribution >= 0.6 is 11.3 Å². The summed E-state index contributed by atoms with van der Waals surface area (Å²) in [5, 5.41) is 4.75. The van der Waals surface area contributed by atoms with Crippen molar-refractivity contribution in [2.75, 3.05) is 6.54 Å². The van der Waals surface area contributed by atoms with Gasteiger partial charge in [0.1, 0.15) is 0 Å². The first-order chi connectivity index (χ1) is 7.38. The van der Waals surface area contributed by atoms with Gasteiger partial charge in [-0.25, -0.2) is 4.98 Å². The smallest absolute Gasteiger partial charge is 0.0925 e. The van der Waals surface area contributed by atoms with E-state index in [1.807, 2.05) is 17.5 Å². The summed E-state index contributed by atoms with van der Waals surface area (Å²) < 4.78 is 0. The third-order valence-corrected chi connectivity index (χ3v) is 4.01. The average molecular weight is 224 g/mol. The average Bonchev–Trinajstić information content (AvgIpc) is 2.96. The van der Waals surface area contributed by atoms with E-state index in [4.69, 9.17) is 0 Å². The van der Waals surface area contributed by atoms with Gasteiger partial charge in [-0.2, -0.15) is 0 Å². The van der Waals surface area contributed by atoms with Crippen LogP contribution in [0.2, 0.25) is 0 Å². The molecule has 84 valence electrons. The Bertz CT molecular complexity index is 292. The molecule has 0 radical (unpaired) electrons. The minimum Gasteiger partial charge on any atom is -0.312 e. The molecule has 0 aliphatic heterocycles. The van der Waals surface area contributed by atoms with Gasteiger partial charge in [-0.3, -0.25) is 0 Å². The Morgan fingerprint density at radius 3 is 3.07 bits per heavy atom. The fourth-order valence-corrected chi connectivity index (χ4v) is 2.56. The van der Waals surface area contributed by atoms with Crippen LogP contribution in [0, 0.1) is 5.92 Å². The van der Waals surface area contributed by atoms with Crippen LogP contribution in [-0.4, -0.2) is 11.5 Å². The molecule has 0 bridgehead atoms. The number of hydrogen-bond acceptors (Lipinski definition) is 3. The highest BCUT2D eigenvalue weighted by Crippen LogP contribution is 2.33. The first-order valence-corrected chi connectivity index (χ1v) is 6.84. The van der Waals surface area contributed by atoms with Gasteiger partial charge in [-0.15, -0.1) is 11.3 Å². The second-order valence-electron chi connectivity index (χ2n) is 4.34. The molecule has 0 atom stereocenters. The summed E-state index contributed by atoms with van der Waals surface area (Å²) in [4.78, 5) is 5.72.